The Labute approximate surface area is 165 Å². The van der Waals surface area contributed by atoms with Crippen LogP contribution in [0.3, 0.4) is 0 Å². The van der Waals surface area contributed by atoms with Gasteiger partial charge in [-0.25, -0.2) is 0 Å². The lowest BCUT2D eigenvalue weighted by molar-refractivity contribution is -0.233. The minimum atomic E-state index is -1.39. The summed E-state index contributed by atoms with van der Waals surface area (Å²) in [5.41, 5.74) is 0.564. The molecule has 6 unspecified atom stereocenters. The summed E-state index contributed by atoms with van der Waals surface area (Å²) in [5.74, 6) is -2.38. The lowest BCUT2D eigenvalue weighted by Gasteiger charge is -2.38. The van der Waals surface area contributed by atoms with Gasteiger partial charge in [-0.05, 0) is 54.9 Å². The van der Waals surface area contributed by atoms with Crippen LogP contribution in [-0.4, -0.2) is 33.6 Å². The molecule has 0 aromatic carbocycles. The average molecular weight is 386 g/mol. The van der Waals surface area contributed by atoms with Crippen molar-refractivity contribution in [3.8, 4) is 0 Å². The monoisotopic (exact) mass is 385 g/mol. The molecule has 0 spiro atoms. The number of aromatic nitrogens is 1. The van der Waals surface area contributed by atoms with E-state index in [9.17, 15) is 15.0 Å². The van der Waals surface area contributed by atoms with E-state index in [4.69, 9.17) is 4.74 Å². The molecule has 152 valence electrons. The van der Waals surface area contributed by atoms with E-state index in [1.807, 2.05) is 19.9 Å². The van der Waals surface area contributed by atoms with Gasteiger partial charge in [0, 0.05) is 22.9 Å². The van der Waals surface area contributed by atoms with E-state index in [1.165, 1.54) is 0 Å². The summed E-state index contributed by atoms with van der Waals surface area (Å²) in [5, 5.41) is 24.1. The van der Waals surface area contributed by atoms with Crippen LogP contribution in [0.15, 0.2) is 12.7 Å². The zero-order valence-corrected chi connectivity index (χ0v) is 17.0. The molecular weight excluding hydrogens is 354 g/mol. The second-order valence-electron chi connectivity index (χ2n) is 8.59. The van der Waals surface area contributed by atoms with E-state index in [1.54, 1.807) is 6.08 Å². The molecule has 5 heteroatoms. The summed E-state index contributed by atoms with van der Waals surface area (Å²) in [7, 11) is 0. The van der Waals surface area contributed by atoms with Gasteiger partial charge in [0.25, 0.3) is 0 Å². The molecule has 0 amide bonds. The minimum absolute atomic E-state index is 0.00154. The number of nitrogens with one attached hydrogen (secondary N) is 1. The summed E-state index contributed by atoms with van der Waals surface area (Å²) < 4.78 is 6.03. The van der Waals surface area contributed by atoms with Gasteiger partial charge in [-0.3, -0.25) is 4.79 Å². The number of carbonyl (C=O) groups is 1. The van der Waals surface area contributed by atoms with E-state index in [0.717, 1.165) is 41.1 Å². The molecule has 2 fully saturated rings. The first-order valence-corrected chi connectivity index (χ1v) is 10.5. The summed E-state index contributed by atoms with van der Waals surface area (Å²) >= 11 is 0. The normalized spacial score (nSPS) is 40.3. The molecule has 0 radical (unpaired) electrons. The molecule has 1 aromatic rings. The number of rotatable bonds is 4. The van der Waals surface area contributed by atoms with Crippen molar-refractivity contribution in [2.75, 3.05) is 6.61 Å². The molecule has 2 bridgehead atoms. The van der Waals surface area contributed by atoms with Crippen LogP contribution in [0.25, 0.3) is 12.2 Å². The maximum Gasteiger partial charge on any atom is 0.318 e. The van der Waals surface area contributed by atoms with E-state index < -0.39 is 23.1 Å². The van der Waals surface area contributed by atoms with Gasteiger partial charge in [-0.2, -0.15) is 0 Å². The van der Waals surface area contributed by atoms with Crippen molar-refractivity contribution >= 4 is 18.1 Å². The second kappa shape index (κ2) is 6.60. The summed E-state index contributed by atoms with van der Waals surface area (Å²) in [6.07, 6.45) is 9.14. The highest BCUT2D eigenvalue weighted by Crippen LogP contribution is 2.62. The summed E-state index contributed by atoms with van der Waals surface area (Å²) in [6, 6.07) is 0. The number of hydrogen-bond acceptors (Lipinski definition) is 3. The first-order valence-electron chi connectivity index (χ1n) is 10.5. The van der Waals surface area contributed by atoms with Crippen LogP contribution in [-0.2, 0) is 14.9 Å². The number of aliphatic hydroxyl groups is 1. The van der Waals surface area contributed by atoms with E-state index in [0.29, 0.717) is 12.3 Å². The number of allylic oxidation sites excluding steroid dienone is 1. The van der Waals surface area contributed by atoms with Crippen molar-refractivity contribution in [2.24, 2.45) is 17.8 Å². The van der Waals surface area contributed by atoms with Crippen molar-refractivity contribution in [1.82, 2.24) is 4.98 Å². The maximum absolute atomic E-state index is 12.7. The Morgan fingerprint density at radius 1 is 1.36 bits per heavy atom. The number of aliphatic carboxylic acids is 1. The molecule has 1 aliphatic heterocycles. The van der Waals surface area contributed by atoms with Gasteiger partial charge in [0.1, 0.15) is 5.41 Å². The van der Waals surface area contributed by atoms with Crippen LogP contribution in [0.2, 0.25) is 0 Å². The number of carboxylic acid groups (broad SMARTS) is 1. The van der Waals surface area contributed by atoms with Crippen molar-refractivity contribution < 1.29 is 19.7 Å². The van der Waals surface area contributed by atoms with E-state index in [2.05, 4.69) is 24.6 Å². The lowest BCUT2D eigenvalue weighted by atomic mass is 9.69. The third-order valence-corrected chi connectivity index (χ3v) is 7.72. The van der Waals surface area contributed by atoms with Gasteiger partial charge < -0.3 is 19.9 Å². The second-order valence-corrected chi connectivity index (χ2v) is 8.59. The number of ether oxygens (including phenoxy) is 1. The highest BCUT2D eigenvalue weighted by molar-refractivity contribution is 5.83. The standard InChI is InChI=1S/C23H31NO4/c1-5-9-16-14(7-3)19-18-13(6-2)10-11-15(18)23(27)17(8-4)22(12-28-23,21(25)26)20(19)24-16/h5,7,9,13,15,17-18,24,27H,1,6,8,10-12H2,2-4H3,(H,25,26)/b14-7+,16-9+. The Morgan fingerprint density at radius 3 is 2.68 bits per heavy atom. The smallest absolute Gasteiger partial charge is 0.318 e. The molecule has 2 heterocycles. The van der Waals surface area contributed by atoms with Crippen molar-refractivity contribution in [3.63, 3.8) is 0 Å². The molecule has 4 rings (SSSR count). The van der Waals surface area contributed by atoms with Crippen molar-refractivity contribution in [1.29, 1.82) is 0 Å². The molecule has 5 nitrogen and oxygen atoms in total. The number of fused-ring (bicyclic) bond motifs is 7. The quantitative estimate of drug-likeness (QED) is 0.743. The minimum Gasteiger partial charge on any atom is -0.480 e. The summed E-state index contributed by atoms with van der Waals surface area (Å²) in [4.78, 5) is 16.2. The van der Waals surface area contributed by atoms with Crippen LogP contribution in [0.1, 0.15) is 63.6 Å². The van der Waals surface area contributed by atoms with E-state index >= 15 is 0 Å². The van der Waals surface area contributed by atoms with Crippen LogP contribution in [0.5, 0.6) is 0 Å². The Kier molecular flexibility index (Phi) is 4.59. The van der Waals surface area contributed by atoms with Crippen LogP contribution < -0.4 is 10.6 Å². The number of aromatic amines is 1. The topological polar surface area (TPSA) is 82.5 Å². The van der Waals surface area contributed by atoms with Gasteiger partial charge in [-0.15, -0.1) is 0 Å². The Balaban J connectivity index is 2.15. The Morgan fingerprint density at radius 2 is 2.11 bits per heavy atom. The first-order chi connectivity index (χ1) is 13.4. The maximum atomic E-state index is 12.7. The first kappa shape index (κ1) is 19.5. The molecule has 1 saturated carbocycles. The molecule has 1 saturated heterocycles. The predicted octanol–water partition coefficient (Wildman–Crippen LogP) is 2.38. The fraction of sp³-hybridized carbons (Fsp3) is 0.609. The summed E-state index contributed by atoms with van der Waals surface area (Å²) in [6.45, 7) is 9.96. The molecule has 3 aliphatic rings. The van der Waals surface area contributed by atoms with Crippen molar-refractivity contribution in [2.45, 2.75) is 63.6 Å². The fourth-order valence-corrected chi connectivity index (χ4v) is 6.60. The third-order valence-electron chi connectivity index (χ3n) is 7.72. The Bertz CT molecular complexity index is 931. The van der Waals surface area contributed by atoms with E-state index in [-0.39, 0.29) is 18.4 Å². The van der Waals surface area contributed by atoms with Crippen LogP contribution in [0, 0.1) is 17.8 Å². The third kappa shape index (κ3) is 2.17. The molecule has 28 heavy (non-hydrogen) atoms. The van der Waals surface area contributed by atoms with Gasteiger partial charge in [0.2, 0.25) is 0 Å². The fourth-order valence-electron chi connectivity index (χ4n) is 6.60. The van der Waals surface area contributed by atoms with Crippen molar-refractivity contribution in [3.05, 3.63) is 34.5 Å². The molecular formula is C23H31NO4. The van der Waals surface area contributed by atoms with Crippen LogP contribution >= 0.6 is 0 Å². The van der Waals surface area contributed by atoms with Crippen LogP contribution in [0.4, 0.5) is 0 Å². The number of H-pyrrole nitrogens is 1. The number of carboxylic acids is 1. The average Bonchev–Trinajstić information content (AvgIpc) is 3.31. The zero-order valence-electron chi connectivity index (χ0n) is 17.0. The molecule has 3 N–H and O–H groups in total. The molecule has 6 atom stereocenters. The Hall–Kier alpha value is -1.85. The van der Waals surface area contributed by atoms with Gasteiger partial charge in [0.05, 0.1) is 6.61 Å². The molecule has 2 aliphatic carbocycles. The van der Waals surface area contributed by atoms with Gasteiger partial charge in [0.15, 0.2) is 5.79 Å². The number of hydrogen-bond donors (Lipinski definition) is 3. The highest BCUT2D eigenvalue weighted by atomic mass is 16.6. The largest absolute Gasteiger partial charge is 0.480 e. The van der Waals surface area contributed by atoms with Gasteiger partial charge in [-0.1, -0.05) is 39.0 Å². The SMILES string of the molecule is C=C/C=c1/[nH]c2c(/c1=C/C)C1C(CC)CCC1C1(O)OCC2(C(=O)O)C1CC. The lowest BCUT2D eigenvalue weighted by Crippen LogP contribution is -2.50. The highest BCUT2D eigenvalue weighted by Gasteiger charge is 2.70. The predicted molar refractivity (Wildman–Crippen MR) is 108 cm³/mol. The molecule has 1 aromatic heterocycles. The van der Waals surface area contributed by atoms with Gasteiger partial charge >= 0.3 is 5.97 Å². The zero-order chi connectivity index (χ0) is 20.3.